The number of anilines is 3. The van der Waals surface area contributed by atoms with E-state index in [-0.39, 0.29) is 0 Å². The number of nitrogens with one attached hydrogen (secondary N) is 2. The van der Waals surface area contributed by atoms with Crippen LogP contribution in [0.1, 0.15) is 5.56 Å². The second-order valence-corrected chi connectivity index (χ2v) is 5.33. The van der Waals surface area contributed by atoms with Gasteiger partial charge in [0.05, 0.1) is 0 Å². The van der Waals surface area contributed by atoms with E-state index < -0.39 is 6.03 Å². The lowest BCUT2D eigenvalue weighted by molar-refractivity contribution is 0.261. The van der Waals surface area contributed by atoms with Crippen molar-refractivity contribution in [2.75, 3.05) is 16.4 Å². The molecule has 6 nitrogen and oxygen atoms in total. The van der Waals surface area contributed by atoms with E-state index in [0.29, 0.717) is 29.5 Å². The number of hydrogen-bond donors (Lipinski definition) is 3. The predicted molar refractivity (Wildman–Crippen MR) is 98.5 cm³/mol. The number of hydrogen-bond acceptors (Lipinski definition) is 4. The smallest absolute Gasteiger partial charge is 0.324 e. The maximum absolute atomic E-state index is 12.1. The van der Waals surface area contributed by atoms with Crippen molar-refractivity contribution >= 4 is 23.2 Å². The molecule has 0 atom stereocenters. The van der Waals surface area contributed by atoms with Crippen LogP contribution in [0.4, 0.5) is 22.0 Å². The first kappa shape index (κ1) is 16.3. The van der Waals surface area contributed by atoms with Gasteiger partial charge < -0.3 is 15.8 Å². The van der Waals surface area contributed by atoms with Gasteiger partial charge in [-0.1, -0.05) is 30.3 Å². The summed E-state index contributed by atoms with van der Waals surface area (Å²) < 4.78 is 5.77. The highest BCUT2D eigenvalue weighted by molar-refractivity contribution is 6.00. The normalized spacial score (nSPS) is 10.1. The molecule has 1 aromatic heterocycles. The van der Waals surface area contributed by atoms with E-state index in [9.17, 15) is 4.79 Å². The first-order valence-electron chi connectivity index (χ1n) is 7.76. The Labute approximate surface area is 145 Å². The van der Waals surface area contributed by atoms with E-state index in [2.05, 4.69) is 15.6 Å². The Kier molecular flexibility index (Phi) is 5.11. The van der Waals surface area contributed by atoms with E-state index in [4.69, 9.17) is 10.5 Å². The summed E-state index contributed by atoms with van der Waals surface area (Å²) in [7, 11) is 0. The summed E-state index contributed by atoms with van der Waals surface area (Å²) in [6, 6.07) is 19.8. The van der Waals surface area contributed by atoms with Gasteiger partial charge in [0, 0.05) is 17.6 Å². The standard InChI is InChI=1S/C19H18N4O2/c20-15-8-10-16(11-9-15)22-19(24)23-18-17(7-4-12-21-18)25-13-14-5-2-1-3-6-14/h1-12H,13,20H2,(H2,21,22,23,24). The molecule has 0 aliphatic heterocycles. The van der Waals surface area contributed by atoms with Crippen molar-refractivity contribution in [2.45, 2.75) is 6.61 Å². The maximum atomic E-state index is 12.1. The van der Waals surface area contributed by atoms with Crippen LogP contribution in [0.3, 0.4) is 0 Å². The minimum Gasteiger partial charge on any atom is -0.485 e. The Hall–Kier alpha value is -3.54. The van der Waals surface area contributed by atoms with Crippen LogP contribution in [-0.2, 0) is 6.61 Å². The summed E-state index contributed by atoms with van der Waals surface area (Å²) >= 11 is 0. The molecule has 0 radical (unpaired) electrons. The molecule has 0 unspecified atom stereocenters. The van der Waals surface area contributed by atoms with Gasteiger partial charge in [-0.05, 0) is 42.0 Å². The monoisotopic (exact) mass is 334 g/mol. The third-order valence-corrected chi connectivity index (χ3v) is 3.41. The van der Waals surface area contributed by atoms with Crippen LogP contribution >= 0.6 is 0 Å². The second kappa shape index (κ2) is 7.83. The minimum atomic E-state index is -0.409. The van der Waals surface area contributed by atoms with Crippen LogP contribution in [0.15, 0.2) is 72.9 Å². The molecule has 0 fully saturated rings. The van der Waals surface area contributed by atoms with Crippen molar-refractivity contribution < 1.29 is 9.53 Å². The Bertz CT molecular complexity index is 836. The van der Waals surface area contributed by atoms with Crippen LogP contribution < -0.4 is 21.1 Å². The number of benzene rings is 2. The number of rotatable bonds is 5. The molecule has 126 valence electrons. The van der Waals surface area contributed by atoms with Gasteiger partial charge in [-0.3, -0.25) is 5.32 Å². The number of nitrogens with zero attached hydrogens (tertiary/aromatic N) is 1. The maximum Gasteiger partial charge on any atom is 0.324 e. The van der Waals surface area contributed by atoms with Crippen molar-refractivity contribution in [3.05, 3.63) is 78.5 Å². The summed E-state index contributed by atoms with van der Waals surface area (Å²) in [5.74, 6) is 0.852. The van der Waals surface area contributed by atoms with E-state index in [1.54, 1.807) is 42.6 Å². The van der Waals surface area contributed by atoms with Crippen molar-refractivity contribution in [3.63, 3.8) is 0 Å². The molecular formula is C19H18N4O2. The largest absolute Gasteiger partial charge is 0.485 e. The molecule has 0 aliphatic rings. The lowest BCUT2D eigenvalue weighted by Gasteiger charge is -2.12. The van der Waals surface area contributed by atoms with Gasteiger partial charge in [0.15, 0.2) is 11.6 Å². The second-order valence-electron chi connectivity index (χ2n) is 5.33. The van der Waals surface area contributed by atoms with E-state index >= 15 is 0 Å². The minimum absolute atomic E-state index is 0.353. The third kappa shape index (κ3) is 4.71. The number of amides is 2. The lowest BCUT2D eigenvalue weighted by Crippen LogP contribution is -2.20. The van der Waals surface area contributed by atoms with Gasteiger partial charge in [0.1, 0.15) is 6.61 Å². The molecule has 0 spiro atoms. The van der Waals surface area contributed by atoms with Crippen LogP contribution in [0, 0.1) is 0 Å². The van der Waals surface area contributed by atoms with Crippen LogP contribution in [0.2, 0.25) is 0 Å². The highest BCUT2D eigenvalue weighted by Crippen LogP contribution is 2.22. The Morgan fingerprint density at radius 1 is 0.960 bits per heavy atom. The molecule has 3 rings (SSSR count). The summed E-state index contributed by atoms with van der Waals surface area (Å²) in [5.41, 5.74) is 7.92. The summed E-state index contributed by atoms with van der Waals surface area (Å²) in [4.78, 5) is 16.3. The highest BCUT2D eigenvalue weighted by Gasteiger charge is 2.09. The number of carbonyl (C=O) groups excluding carboxylic acids is 1. The molecule has 0 bridgehead atoms. The van der Waals surface area contributed by atoms with Crippen LogP contribution in [-0.4, -0.2) is 11.0 Å². The zero-order valence-corrected chi connectivity index (χ0v) is 13.5. The van der Waals surface area contributed by atoms with Crippen LogP contribution in [0.5, 0.6) is 5.75 Å². The third-order valence-electron chi connectivity index (χ3n) is 3.41. The van der Waals surface area contributed by atoms with Gasteiger partial charge in [-0.25, -0.2) is 9.78 Å². The first-order chi connectivity index (χ1) is 12.2. The topological polar surface area (TPSA) is 89.3 Å². The predicted octanol–water partition coefficient (Wildman–Crippen LogP) is 3.89. The SMILES string of the molecule is Nc1ccc(NC(=O)Nc2ncccc2OCc2ccccc2)cc1. The summed E-state index contributed by atoms with van der Waals surface area (Å²) in [6.45, 7) is 0.390. The number of urea groups is 1. The van der Waals surface area contributed by atoms with Gasteiger partial charge in [0.2, 0.25) is 0 Å². The number of aromatic nitrogens is 1. The highest BCUT2D eigenvalue weighted by atomic mass is 16.5. The van der Waals surface area contributed by atoms with Crippen LogP contribution in [0.25, 0.3) is 0 Å². The lowest BCUT2D eigenvalue weighted by atomic mass is 10.2. The molecule has 0 saturated carbocycles. The van der Waals surface area contributed by atoms with Crippen molar-refractivity contribution in [1.29, 1.82) is 0 Å². The van der Waals surface area contributed by atoms with Crippen molar-refractivity contribution in [1.82, 2.24) is 4.98 Å². The van der Waals surface area contributed by atoms with E-state index in [0.717, 1.165) is 5.56 Å². The van der Waals surface area contributed by atoms with Gasteiger partial charge in [-0.15, -0.1) is 0 Å². The summed E-state index contributed by atoms with van der Waals surface area (Å²) in [6.07, 6.45) is 1.59. The molecule has 4 N–H and O–H groups in total. The molecule has 2 amide bonds. The molecule has 3 aromatic rings. The Balaban J connectivity index is 1.63. The van der Waals surface area contributed by atoms with E-state index in [1.165, 1.54) is 0 Å². The zero-order valence-electron chi connectivity index (χ0n) is 13.5. The van der Waals surface area contributed by atoms with Crippen molar-refractivity contribution in [3.8, 4) is 5.75 Å². The number of ether oxygens (including phenoxy) is 1. The quantitative estimate of drug-likeness (QED) is 0.618. The van der Waals surface area contributed by atoms with Gasteiger partial charge in [0.25, 0.3) is 0 Å². The Morgan fingerprint density at radius 2 is 1.72 bits per heavy atom. The average molecular weight is 334 g/mol. The molecule has 6 heteroatoms. The number of pyridine rings is 1. The zero-order chi connectivity index (χ0) is 17.5. The average Bonchev–Trinajstić information content (AvgIpc) is 2.64. The summed E-state index contributed by atoms with van der Waals surface area (Å²) in [5, 5.41) is 5.41. The molecule has 25 heavy (non-hydrogen) atoms. The van der Waals surface area contributed by atoms with Gasteiger partial charge >= 0.3 is 6.03 Å². The molecule has 1 heterocycles. The number of nitrogen functional groups attached to an aromatic ring is 1. The Morgan fingerprint density at radius 3 is 2.48 bits per heavy atom. The fourth-order valence-corrected chi connectivity index (χ4v) is 2.17. The number of carbonyl (C=O) groups is 1. The van der Waals surface area contributed by atoms with E-state index in [1.807, 2.05) is 30.3 Å². The fourth-order valence-electron chi connectivity index (χ4n) is 2.17. The molecular weight excluding hydrogens is 316 g/mol. The van der Waals surface area contributed by atoms with Gasteiger partial charge in [-0.2, -0.15) is 0 Å². The molecule has 2 aromatic carbocycles. The first-order valence-corrected chi connectivity index (χ1v) is 7.76. The fraction of sp³-hybridized carbons (Fsp3) is 0.0526. The molecule has 0 saturated heterocycles. The van der Waals surface area contributed by atoms with Crippen molar-refractivity contribution in [2.24, 2.45) is 0 Å². The molecule has 0 aliphatic carbocycles. The number of nitrogens with two attached hydrogens (primary N) is 1.